The van der Waals surface area contributed by atoms with Gasteiger partial charge in [0, 0.05) is 24.0 Å². The third-order valence-electron chi connectivity index (χ3n) is 8.00. The number of nitrogens with one attached hydrogen (secondary N) is 1. The van der Waals surface area contributed by atoms with Crippen LogP contribution in [-0.2, 0) is 32.6 Å². The van der Waals surface area contributed by atoms with E-state index in [2.05, 4.69) is 5.32 Å². The molecule has 1 saturated carbocycles. The Morgan fingerprint density at radius 1 is 0.848 bits per heavy atom. The van der Waals surface area contributed by atoms with Crippen molar-refractivity contribution in [2.45, 2.75) is 50.7 Å². The first kappa shape index (κ1) is 33.0. The maximum atomic E-state index is 14.3. The molecule has 240 valence electrons. The second-order valence-electron chi connectivity index (χ2n) is 11.5. The first-order valence-corrected chi connectivity index (χ1v) is 17.6. The number of nitrogens with zero attached hydrogens (tertiary/aromatic N) is 2. The standard InChI is InChI=1S/C36H38ClN3O5S/c1-46(43,44)40(31-19-21-33(22-20-31)45-32-17-6-3-7-18-32)26-35(41)39(25-28-13-10-14-29(37)23-28)34(24-27-11-4-2-5-12-27)36(42)38-30-15-8-9-16-30/h2-7,10-14,17-23,30,34H,8-9,15-16,24-26H2,1H3,(H,38,42)/t34-/m1/s1. The van der Waals surface area contributed by atoms with Crippen LogP contribution < -0.4 is 14.4 Å². The summed E-state index contributed by atoms with van der Waals surface area (Å²) in [6.45, 7) is -0.434. The van der Waals surface area contributed by atoms with Gasteiger partial charge < -0.3 is 15.0 Å². The van der Waals surface area contributed by atoms with Gasteiger partial charge in [0.1, 0.15) is 24.1 Å². The third-order valence-corrected chi connectivity index (χ3v) is 9.37. The number of hydrogen-bond donors (Lipinski definition) is 1. The number of sulfonamides is 1. The highest BCUT2D eigenvalue weighted by Crippen LogP contribution is 2.27. The monoisotopic (exact) mass is 659 g/mol. The van der Waals surface area contributed by atoms with Crippen LogP contribution in [0.15, 0.2) is 109 Å². The Morgan fingerprint density at radius 2 is 1.46 bits per heavy atom. The molecule has 8 nitrogen and oxygen atoms in total. The minimum absolute atomic E-state index is 0.0398. The van der Waals surface area contributed by atoms with Gasteiger partial charge in [0.15, 0.2) is 0 Å². The molecule has 0 saturated heterocycles. The van der Waals surface area contributed by atoms with Crippen molar-refractivity contribution in [3.05, 3.63) is 125 Å². The van der Waals surface area contributed by atoms with Gasteiger partial charge in [-0.1, -0.05) is 85.1 Å². The highest BCUT2D eigenvalue weighted by Gasteiger charge is 2.34. The molecular formula is C36H38ClN3O5S. The van der Waals surface area contributed by atoms with Gasteiger partial charge in [-0.25, -0.2) is 8.42 Å². The number of para-hydroxylation sites is 1. The van der Waals surface area contributed by atoms with Gasteiger partial charge in [0.25, 0.3) is 0 Å². The molecule has 2 amide bonds. The Balaban J connectivity index is 1.46. The third kappa shape index (κ3) is 9.11. The molecule has 1 atom stereocenters. The fourth-order valence-corrected chi connectivity index (χ4v) is 6.73. The number of ether oxygens (including phenoxy) is 1. The molecule has 1 N–H and O–H groups in total. The van der Waals surface area contributed by atoms with Crippen molar-refractivity contribution in [2.75, 3.05) is 17.1 Å². The molecule has 1 aliphatic carbocycles. The molecule has 0 radical (unpaired) electrons. The van der Waals surface area contributed by atoms with Gasteiger partial charge in [-0.3, -0.25) is 13.9 Å². The van der Waals surface area contributed by atoms with Gasteiger partial charge in [-0.05, 0) is 72.5 Å². The summed E-state index contributed by atoms with van der Waals surface area (Å²) in [5.41, 5.74) is 1.90. The molecule has 1 fully saturated rings. The van der Waals surface area contributed by atoms with E-state index in [4.69, 9.17) is 16.3 Å². The molecule has 0 unspecified atom stereocenters. The van der Waals surface area contributed by atoms with Gasteiger partial charge in [-0.2, -0.15) is 0 Å². The lowest BCUT2D eigenvalue weighted by Crippen LogP contribution is -2.54. The minimum atomic E-state index is -3.90. The Labute approximate surface area is 276 Å². The van der Waals surface area contributed by atoms with Gasteiger partial charge >= 0.3 is 0 Å². The Kier molecular flexibility index (Phi) is 11.0. The molecule has 46 heavy (non-hydrogen) atoms. The molecule has 4 aromatic rings. The first-order chi connectivity index (χ1) is 22.2. The van der Waals surface area contributed by atoms with Crippen LogP contribution in [-0.4, -0.2) is 50.0 Å². The fourth-order valence-electron chi connectivity index (χ4n) is 5.67. The summed E-state index contributed by atoms with van der Waals surface area (Å²) in [7, 11) is -3.90. The van der Waals surface area contributed by atoms with Crippen molar-refractivity contribution in [3.63, 3.8) is 0 Å². The van der Waals surface area contributed by atoms with Crippen LogP contribution in [0.5, 0.6) is 11.5 Å². The maximum Gasteiger partial charge on any atom is 0.244 e. The number of hydrogen-bond acceptors (Lipinski definition) is 5. The zero-order valence-electron chi connectivity index (χ0n) is 25.7. The van der Waals surface area contributed by atoms with Gasteiger partial charge in [-0.15, -0.1) is 0 Å². The Morgan fingerprint density at radius 3 is 2.09 bits per heavy atom. The van der Waals surface area contributed by atoms with E-state index in [1.165, 1.54) is 4.90 Å². The number of halogens is 1. The predicted octanol–water partition coefficient (Wildman–Crippen LogP) is 6.60. The Bertz CT molecular complexity index is 1710. The first-order valence-electron chi connectivity index (χ1n) is 15.3. The highest BCUT2D eigenvalue weighted by atomic mass is 35.5. The highest BCUT2D eigenvalue weighted by molar-refractivity contribution is 7.92. The Hall–Kier alpha value is -4.34. The molecule has 0 bridgehead atoms. The smallest absolute Gasteiger partial charge is 0.244 e. The van der Waals surface area contributed by atoms with Crippen LogP contribution in [0.1, 0.15) is 36.8 Å². The maximum absolute atomic E-state index is 14.3. The number of benzene rings is 4. The van der Waals surface area contributed by atoms with Crippen LogP contribution >= 0.6 is 11.6 Å². The molecule has 5 rings (SSSR count). The van der Waals surface area contributed by atoms with E-state index in [-0.39, 0.29) is 24.9 Å². The number of anilines is 1. The van der Waals surface area contributed by atoms with Crippen molar-refractivity contribution in [1.82, 2.24) is 10.2 Å². The summed E-state index contributed by atoms with van der Waals surface area (Å²) in [5, 5.41) is 3.66. The van der Waals surface area contributed by atoms with Crippen molar-refractivity contribution in [2.24, 2.45) is 0 Å². The fraction of sp³-hybridized carbons (Fsp3) is 0.278. The average Bonchev–Trinajstić information content (AvgIpc) is 3.55. The van der Waals surface area contributed by atoms with Crippen molar-refractivity contribution < 1.29 is 22.7 Å². The van der Waals surface area contributed by atoms with Crippen LogP contribution in [0.25, 0.3) is 0 Å². The normalized spacial score (nSPS) is 14.0. The zero-order chi connectivity index (χ0) is 32.5. The lowest BCUT2D eigenvalue weighted by molar-refractivity contribution is -0.140. The zero-order valence-corrected chi connectivity index (χ0v) is 27.3. The van der Waals surface area contributed by atoms with Crippen LogP contribution in [0.2, 0.25) is 5.02 Å². The van der Waals surface area contributed by atoms with Crippen LogP contribution in [0.3, 0.4) is 0 Å². The lowest BCUT2D eigenvalue weighted by Gasteiger charge is -2.34. The number of amides is 2. The summed E-state index contributed by atoms with van der Waals surface area (Å²) in [5.74, 6) is 0.378. The predicted molar refractivity (Wildman–Crippen MR) is 181 cm³/mol. The van der Waals surface area contributed by atoms with Crippen molar-refractivity contribution in [1.29, 1.82) is 0 Å². The van der Waals surface area contributed by atoms with Crippen LogP contribution in [0, 0.1) is 0 Å². The molecular weight excluding hydrogens is 622 g/mol. The number of carbonyl (C=O) groups is 2. The van der Waals surface area contributed by atoms with E-state index in [1.54, 1.807) is 42.5 Å². The molecule has 0 aliphatic heterocycles. The van der Waals surface area contributed by atoms with Gasteiger partial charge in [0.05, 0.1) is 11.9 Å². The molecule has 0 spiro atoms. The summed E-state index contributed by atoms with van der Waals surface area (Å²) < 4.78 is 33.2. The molecule has 0 heterocycles. The molecule has 0 aromatic heterocycles. The van der Waals surface area contributed by atoms with Crippen molar-refractivity contribution in [3.8, 4) is 11.5 Å². The minimum Gasteiger partial charge on any atom is -0.457 e. The van der Waals surface area contributed by atoms with Crippen molar-refractivity contribution >= 4 is 39.1 Å². The second kappa shape index (κ2) is 15.3. The molecule has 10 heteroatoms. The van der Waals surface area contributed by atoms with E-state index in [0.717, 1.165) is 47.4 Å². The quantitative estimate of drug-likeness (QED) is 0.175. The largest absolute Gasteiger partial charge is 0.457 e. The summed E-state index contributed by atoms with van der Waals surface area (Å²) in [6, 6.07) is 31.5. The van der Waals surface area contributed by atoms with E-state index in [9.17, 15) is 18.0 Å². The lowest BCUT2D eigenvalue weighted by atomic mass is 10.0. The average molecular weight is 660 g/mol. The number of rotatable bonds is 13. The van der Waals surface area contributed by atoms with E-state index in [1.807, 2.05) is 66.7 Å². The van der Waals surface area contributed by atoms with E-state index in [0.29, 0.717) is 22.2 Å². The summed E-state index contributed by atoms with van der Waals surface area (Å²) in [4.78, 5) is 29.8. The second-order valence-corrected chi connectivity index (χ2v) is 13.9. The number of carbonyl (C=O) groups excluding carboxylic acids is 2. The van der Waals surface area contributed by atoms with Crippen LogP contribution in [0.4, 0.5) is 5.69 Å². The van der Waals surface area contributed by atoms with E-state index < -0.39 is 28.5 Å². The molecule has 4 aromatic carbocycles. The SMILES string of the molecule is CS(=O)(=O)N(CC(=O)N(Cc1cccc(Cl)c1)[C@H](Cc1ccccc1)C(=O)NC1CCCC1)c1ccc(Oc2ccccc2)cc1. The summed E-state index contributed by atoms with van der Waals surface area (Å²) in [6.07, 6.45) is 5.17. The van der Waals surface area contributed by atoms with E-state index >= 15 is 0 Å². The topological polar surface area (TPSA) is 96.0 Å². The molecule has 1 aliphatic rings. The van der Waals surface area contributed by atoms with Gasteiger partial charge in [0.2, 0.25) is 21.8 Å². The summed E-state index contributed by atoms with van der Waals surface area (Å²) >= 11 is 6.30.